The second-order valence-corrected chi connectivity index (χ2v) is 8.55. The molecule has 0 rings (SSSR count). The third kappa shape index (κ3) is 5.74. The van der Waals surface area contributed by atoms with E-state index in [9.17, 15) is 4.79 Å². The summed E-state index contributed by atoms with van der Waals surface area (Å²) in [4.78, 5) is 12.8. The lowest BCUT2D eigenvalue weighted by molar-refractivity contribution is -0.126. The molecule has 4 heteroatoms. The van der Waals surface area contributed by atoms with Gasteiger partial charge in [0.1, 0.15) is 0 Å². The fourth-order valence-electron chi connectivity index (χ4n) is 1.07. The molecule has 3 nitrogen and oxygen atoms in total. The molecule has 1 amide bonds. The van der Waals surface area contributed by atoms with E-state index in [2.05, 4.69) is 33.6 Å². The standard InChI is InChI=1S/C9H21NO2Si.C2H4/c1-8(2)13(6,12-5)7-10(4)9(3)11;1-2/h8H,7H2,1-6H3;1-2H2. The topological polar surface area (TPSA) is 29.5 Å². The van der Waals surface area contributed by atoms with Crippen molar-refractivity contribution in [1.82, 2.24) is 4.90 Å². The zero-order valence-electron chi connectivity index (χ0n) is 11.0. The Hall–Kier alpha value is -0.613. The number of hydrogen-bond acceptors (Lipinski definition) is 2. The molecule has 0 saturated carbocycles. The molecule has 0 aromatic rings. The minimum atomic E-state index is -1.72. The van der Waals surface area contributed by atoms with Gasteiger partial charge in [0, 0.05) is 27.2 Å². The fourth-order valence-corrected chi connectivity index (χ4v) is 3.20. The van der Waals surface area contributed by atoms with Gasteiger partial charge in [-0.25, -0.2) is 0 Å². The number of nitrogens with zero attached hydrogens (tertiary/aromatic N) is 1. The van der Waals surface area contributed by atoms with Crippen LogP contribution in [0.2, 0.25) is 12.1 Å². The van der Waals surface area contributed by atoms with Crippen molar-refractivity contribution in [1.29, 1.82) is 0 Å². The highest BCUT2D eigenvalue weighted by molar-refractivity contribution is 6.74. The van der Waals surface area contributed by atoms with E-state index in [1.54, 1.807) is 18.9 Å². The summed E-state index contributed by atoms with van der Waals surface area (Å²) >= 11 is 0. The van der Waals surface area contributed by atoms with Gasteiger partial charge in [-0.15, -0.1) is 13.2 Å². The highest BCUT2D eigenvalue weighted by Gasteiger charge is 2.33. The normalized spacial score (nSPS) is 13.8. The Morgan fingerprint density at radius 2 is 1.87 bits per heavy atom. The molecule has 0 radical (unpaired) electrons. The molecule has 1 unspecified atom stereocenters. The van der Waals surface area contributed by atoms with Crippen LogP contribution in [0.5, 0.6) is 0 Å². The van der Waals surface area contributed by atoms with Crippen LogP contribution in [0.4, 0.5) is 0 Å². The Kier molecular flexibility index (Phi) is 8.57. The Morgan fingerprint density at radius 3 is 2.07 bits per heavy atom. The second kappa shape index (κ2) is 7.65. The van der Waals surface area contributed by atoms with Crippen LogP contribution in [-0.4, -0.2) is 39.4 Å². The maximum atomic E-state index is 11.1. The molecule has 0 aromatic carbocycles. The average Bonchev–Trinajstić information content (AvgIpc) is 2.20. The molecule has 1 atom stereocenters. The SMILES string of the molecule is C=C.CO[Si](C)(CN(C)C(C)=O)C(C)C. The second-order valence-electron chi connectivity index (χ2n) is 4.05. The molecule has 0 aliphatic heterocycles. The molecule has 0 fully saturated rings. The summed E-state index contributed by atoms with van der Waals surface area (Å²) in [5.41, 5.74) is 0.527. The van der Waals surface area contributed by atoms with Gasteiger partial charge in [-0.1, -0.05) is 13.8 Å². The molecular weight excluding hydrogens is 206 g/mol. The molecule has 0 bridgehead atoms. The van der Waals surface area contributed by atoms with Gasteiger partial charge < -0.3 is 9.33 Å². The summed E-state index contributed by atoms with van der Waals surface area (Å²) in [5.74, 6) is 0.108. The highest BCUT2D eigenvalue weighted by atomic mass is 28.4. The lowest BCUT2D eigenvalue weighted by Gasteiger charge is -2.33. The first-order valence-corrected chi connectivity index (χ1v) is 7.79. The first kappa shape index (κ1) is 16.8. The Balaban J connectivity index is 0. The Bertz CT molecular complexity index is 197. The van der Waals surface area contributed by atoms with Crippen molar-refractivity contribution in [2.45, 2.75) is 32.9 Å². The summed E-state index contributed by atoms with van der Waals surface area (Å²) in [6.45, 7) is 14.1. The third-order valence-electron chi connectivity index (χ3n) is 2.78. The van der Waals surface area contributed by atoms with Crippen LogP contribution in [-0.2, 0) is 9.22 Å². The maximum Gasteiger partial charge on any atom is 0.218 e. The number of carbonyl (C=O) groups excluding carboxylic acids is 1. The van der Waals surface area contributed by atoms with Gasteiger partial charge in [0.15, 0.2) is 0 Å². The summed E-state index contributed by atoms with van der Waals surface area (Å²) in [7, 11) is 1.86. The van der Waals surface area contributed by atoms with E-state index in [1.165, 1.54) is 0 Å². The number of amides is 1. The fraction of sp³-hybridized carbons (Fsp3) is 0.727. The van der Waals surface area contributed by atoms with Crippen LogP contribution < -0.4 is 0 Å². The summed E-state index contributed by atoms with van der Waals surface area (Å²) in [6.07, 6.45) is 0.774. The van der Waals surface area contributed by atoms with Crippen molar-refractivity contribution in [3.8, 4) is 0 Å². The van der Waals surface area contributed by atoms with E-state index < -0.39 is 8.32 Å². The van der Waals surface area contributed by atoms with E-state index >= 15 is 0 Å². The maximum absolute atomic E-state index is 11.1. The molecule has 0 spiro atoms. The molecule has 0 heterocycles. The first-order valence-electron chi connectivity index (χ1n) is 5.10. The van der Waals surface area contributed by atoms with E-state index in [0.717, 1.165) is 6.17 Å². The predicted molar refractivity (Wildman–Crippen MR) is 68.3 cm³/mol. The molecule has 0 N–H and O–H groups in total. The van der Waals surface area contributed by atoms with Gasteiger partial charge in [-0.3, -0.25) is 4.79 Å². The molecule has 0 saturated heterocycles. The van der Waals surface area contributed by atoms with Crippen molar-refractivity contribution < 1.29 is 9.22 Å². The van der Waals surface area contributed by atoms with E-state index in [0.29, 0.717) is 5.54 Å². The predicted octanol–water partition coefficient (Wildman–Crippen LogP) is 2.44. The summed E-state index contributed by atoms with van der Waals surface area (Å²) in [5, 5.41) is 0. The van der Waals surface area contributed by atoms with Gasteiger partial charge in [0.25, 0.3) is 0 Å². The largest absolute Gasteiger partial charge is 0.418 e. The summed E-state index contributed by atoms with van der Waals surface area (Å²) < 4.78 is 5.57. The molecular formula is C11H25NO2Si. The van der Waals surface area contributed by atoms with Gasteiger partial charge in [-0.2, -0.15) is 0 Å². The molecule has 0 aromatic heterocycles. The van der Waals surface area contributed by atoms with E-state index in [1.807, 2.05) is 7.05 Å². The van der Waals surface area contributed by atoms with Crippen LogP contribution in [0.15, 0.2) is 13.2 Å². The van der Waals surface area contributed by atoms with Gasteiger partial charge in [-0.05, 0) is 12.1 Å². The lowest BCUT2D eigenvalue weighted by atomic mass is 10.6. The zero-order chi connectivity index (χ0) is 12.6. The minimum Gasteiger partial charge on any atom is -0.418 e. The van der Waals surface area contributed by atoms with Crippen molar-refractivity contribution in [3.63, 3.8) is 0 Å². The number of hydrogen-bond donors (Lipinski definition) is 0. The molecule has 0 aliphatic rings. The van der Waals surface area contributed by atoms with Crippen LogP contribution in [0.3, 0.4) is 0 Å². The van der Waals surface area contributed by atoms with E-state index in [4.69, 9.17) is 4.43 Å². The smallest absolute Gasteiger partial charge is 0.218 e. The van der Waals surface area contributed by atoms with Crippen molar-refractivity contribution in [3.05, 3.63) is 13.2 Å². The van der Waals surface area contributed by atoms with Crippen molar-refractivity contribution >= 4 is 14.2 Å². The highest BCUT2D eigenvalue weighted by Crippen LogP contribution is 2.21. The molecule has 0 aliphatic carbocycles. The van der Waals surface area contributed by atoms with Crippen molar-refractivity contribution in [2.24, 2.45) is 0 Å². The van der Waals surface area contributed by atoms with Crippen molar-refractivity contribution in [2.75, 3.05) is 20.3 Å². The summed E-state index contributed by atoms with van der Waals surface area (Å²) in [6, 6.07) is 0. The van der Waals surface area contributed by atoms with E-state index in [-0.39, 0.29) is 5.91 Å². The van der Waals surface area contributed by atoms with Gasteiger partial charge in [0.05, 0.1) is 0 Å². The Labute approximate surface area is 95.2 Å². The monoisotopic (exact) mass is 231 g/mol. The first-order chi connectivity index (χ1) is 6.83. The van der Waals surface area contributed by atoms with Gasteiger partial charge >= 0.3 is 0 Å². The Morgan fingerprint density at radius 1 is 1.47 bits per heavy atom. The molecule has 90 valence electrons. The van der Waals surface area contributed by atoms with Gasteiger partial charge in [0.2, 0.25) is 14.2 Å². The lowest BCUT2D eigenvalue weighted by Crippen LogP contribution is -2.49. The minimum absolute atomic E-state index is 0.108. The number of carbonyl (C=O) groups is 1. The number of rotatable bonds is 4. The third-order valence-corrected chi connectivity index (χ3v) is 7.25. The zero-order valence-corrected chi connectivity index (χ0v) is 12.0. The van der Waals surface area contributed by atoms with Crippen LogP contribution >= 0.6 is 0 Å². The van der Waals surface area contributed by atoms with Crippen LogP contribution in [0.25, 0.3) is 0 Å². The van der Waals surface area contributed by atoms with Crippen LogP contribution in [0.1, 0.15) is 20.8 Å². The average molecular weight is 231 g/mol. The molecule has 15 heavy (non-hydrogen) atoms. The quantitative estimate of drug-likeness (QED) is 0.549. The van der Waals surface area contributed by atoms with Crippen LogP contribution in [0, 0.1) is 0 Å².